The van der Waals surface area contributed by atoms with E-state index in [1.54, 1.807) is 47.9 Å². The normalized spacial score (nSPS) is 12.2. The highest BCUT2D eigenvalue weighted by molar-refractivity contribution is 9.10. The highest BCUT2D eigenvalue weighted by atomic mass is 79.9. The minimum Gasteiger partial charge on any atom is -0.506 e. The average molecular weight is 534 g/mol. The zero-order valence-corrected chi connectivity index (χ0v) is 20.3. The fourth-order valence-corrected chi connectivity index (χ4v) is 5.43. The second-order valence-electron chi connectivity index (χ2n) is 7.36. The van der Waals surface area contributed by atoms with Crippen molar-refractivity contribution in [3.05, 3.63) is 76.2 Å². The molecule has 0 aliphatic heterocycles. The van der Waals surface area contributed by atoms with Gasteiger partial charge in [0.05, 0.1) is 51.6 Å². The molecule has 2 aromatic heterocycles. The van der Waals surface area contributed by atoms with Crippen LogP contribution in [0.4, 0.5) is 4.39 Å². The molecule has 1 N–H and O–H groups in total. The van der Waals surface area contributed by atoms with Gasteiger partial charge in [-0.05, 0) is 53.2 Å². The summed E-state index contributed by atoms with van der Waals surface area (Å²) in [5.41, 5.74) is 1.93. The number of halogens is 2. The number of ether oxygens (including phenoxy) is 1. The Kier molecular flexibility index (Phi) is 6.66. The number of hydrogen-bond donors (Lipinski definition) is 1. The molecule has 10 heteroatoms. The number of rotatable bonds is 7. The molecule has 4 rings (SSSR count). The lowest BCUT2D eigenvalue weighted by molar-refractivity contribution is 0.0527. The monoisotopic (exact) mass is 533 g/mol. The van der Waals surface area contributed by atoms with E-state index < -0.39 is 22.6 Å². The number of phenolic OH excluding ortho intramolecular Hbond substituents is 1. The Hall–Kier alpha value is -2.98. The summed E-state index contributed by atoms with van der Waals surface area (Å²) in [6.45, 7) is 2.13. The van der Waals surface area contributed by atoms with Crippen LogP contribution in [-0.4, -0.2) is 36.0 Å². The Balaban J connectivity index is 1.93. The van der Waals surface area contributed by atoms with Crippen LogP contribution in [0.25, 0.3) is 10.9 Å². The van der Waals surface area contributed by atoms with Crippen LogP contribution >= 0.6 is 15.9 Å². The topological polar surface area (TPSA) is 86.4 Å². The molecule has 1 unspecified atom stereocenters. The van der Waals surface area contributed by atoms with E-state index in [0.29, 0.717) is 31.5 Å². The third-order valence-electron chi connectivity index (χ3n) is 5.36. The summed E-state index contributed by atoms with van der Waals surface area (Å²) < 4.78 is 35.8. The molecule has 0 aliphatic carbocycles. The maximum atomic E-state index is 13.3. The van der Waals surface area contributed by atoms with Crippen molar-refractivity contribution in [3.8, 4) is 5.75 Å². The molecule has 2 aromatic carbocycles. The van der Waals surface area contributed by atoms with Gasteiger partial charge in [0, 0.05) is 41.0 Å². The first-order valence-electron chi connectivity index (χ1n) is 10.1. The third kappa shape index (κ3) is 4.45. The Labute approximate surface area is 200 Å². The molecular formula is C23H21BrFN3O4S. The molecular weight excluding hydrogens is 513 g/mol. The van der Waals surface area contributed by atoms with E-state index in [-0.39, 0.29) is 30.2 Å². The number of fused-ring (bicyclic) bond motifs is 1. The Morgan fingerprint density at radius 1 is 1.30 bits per heavy atom. The molecule has 4 aromatic rings. The van der Waals surface area contributed by atoms with Crippen LogP contribution in [0.3, 0.4) is 0 Å². The van der Waals surface area contributed by atoms with Crippen molar-refractivity contribution in [1.82, 2.24) is 14.1 Å². The molecule has 0 amide bonds. The molecule has 33 heavy (non-hydrogen) atoms. The molecule has 0 spiro atoms. The first-order chi connectivity index (χ1) is 15.8. The van der Waals surface area contributed by atoms with Gasteiger partial charge in [0.1, 0.15) is 11.6 Å². The predicted octanol–water partition coefficient (Wildman–Crippen LogP) is 4.51. The predicted molar refractivity (Wildman–Crippen MR) is 126 cm³/mol. The summed E-state index contributed by atoms with van der Waals surface area (Å²) in [4.78, 5) is 17.6. The van der Waals surface area contributed by atoms with E-state index in [4.69, 9.17) is 4.74 Å². The maximum Gasteiger partial charge on any atom is 0.340 e. The summed E-state index contributed by atoms with van der Waals surface area (Å²) >= 11 is 3.40. The quantitative estimate of drug-likeness (QED) is 0.353. The van der Waals surface area contributed by atoms with Crippen LogP contribution < -0.4 is 0 Å². The number of nitrogens with zero attached hydrogens (tertiary/aromatic N) is 3. The van der Waals surface area contributed by atoms with Gasteiger partial charge in [-0.2, -0.15) is 0 Å². The Morgan fingerprint density at radius 2 is 2.03 bits per heavy atom. The van der Waals surface area contributed by atoms with E-state index in [2.05, 4.69) is 20.9 Å². The number of carbonyl (C=O) groups is 1. The fourth-order valence-electron chi connectivity index (χ4n) is 3.78. The minimum atomic E-state index is -1.54. The van der Waals surface area contributed by atoms with Crippen LogP contribution in [0.15, 0.2) is 58.4 Å². The van der Waals surface area contributed by atoms with E-state index >= 15 is 0 Å². The van der Waals surface area contributed by atoms with Crippen molar-refractivity contribution in [3.63, 3.8) is 0 Å². The lowest BCUT2D eigenvalue weighted by Crippen LogP contribution is -2.11. The standard InChI is InChI=1S/C23H21BrFN3O4S/c1-3-32-23(30)21-19(12-33(31)15-6-4-14(25)5-7-15)27(2)18-10-17(24)22(29)16(20(18)21)11-28-9-8-26-13-28/h4-10,13,29H,3,11-12H2,1-2H3. The Morgan fingerprint density at radius 3 is 2.67 bits per heavy atom. The van der Waals surface area contributed by atoms with Gasteiger partial charge in [0.25, 0.3) is 0 Å². The highest BCUT2D eigenvalue weighted by Gasteiger charge is 2.28. The number of imidazole rings is 1. The second kappa shape index (κ2) is 9.48. The van der Waals surface area contributed by atoms with Gasteiger partial charge in [-0.15, -0.1) is 0 Å². The summed E-state index contributed by atoms with van der Waals surface area (Å²) in [5.74, 6) is -0.980. The van der Waals surface area contributed by atoms with Gasteiger partial charge < -0.3 is 19.0 Å². The van der Waals surface area contributed by atoms with Gasteiger partial charge in [-0.1, -0.05) is 0 Å². The average Bonchev–Trinajstić information content (AvgIpc) is 3.39. The summed E-state index contributed by atoms with van der Waals surface area (Å²) in [6.07, 6.45) is 4.99. The summed E-state index contributed by atoms with van der Waals surface area (Å²) in [6, 6.07) is 7.14. The summed E-state index contributed by atoms with van der Waals surface area (Å²) in [7, 11) is 0.227. The minimum absolute atomic E-state index is 0.00134. The van der Waals surface area contributed by atoms with Crippen molar-refractivity contribution in [2.75, 3.05) is 6.61 Å². The molecule has 0 saturated carbocycles. The van der Waals surface area contributed by atoms with Crippen molar-refractivity contribution >= 4 is 43.6 Å². The molecule has 0 bridgehead atoms. The van der Waals surface area contributed by atoms with E-state index in [9.17, 15) is 18.5 Å². The number of aromatic nitrogens is 3. The van der Waals surface area contributed by atoms with Crippen LogP contribution in [0.1, 0.15) is 28.5 Å². The zero-order chi connectivity index (χ0) is 23.7. The van der Waals surface area contributed by atoms with Gasteiger partial charge in [0.2, 0.25) is 0 Å². The lowest BCUT2D eigenvalue weighted by Gasteiger charge is -2.11. The SMILES string of the molecule is CCOC(=O)c1c(CS(=O)c2ccc(F)cc2)n(C)c2cc(Br)c(O)c(Cn3ccnc3)c12. The number of aromatic hydroxyl groups is 1. The molecule has 2 heterocycles. The lowest BCUT2D eigenvalue weighted by atomic mass is 10.0. The molecule has 172 valence electrons. The van der Waals surface area contributed by atoms with Gasteiger partial charge in [0.15, 0.2) is 0 Å². The largest absolute Gasteiger partial charge is 0.506 e. The van der Waals surface area contributed by atoms with E-state index in [1.165, 1.54) is 24.3 Å². The van der Waals surface area contributed by atoms with Gasteiger partial charge in [-0.3, -0.25) is 4.21 Å². The van der Waals surface area contributed by atoms with Crippen molar-refractivity contribution in [2.24, 2.45) is 7.05 Å². The summed E-state index contributed by atoms with van der Waals surface area (Å²) in [5, 5.41) is 11.4. The molecule has 0 aliphatic rings. The number of benzene rings is 2. The number of carbonyl (C=O) groups excluding carboxylic acids is 1. The smallest absolute Gasteiger partial charge is 0.340 e. The molecule has 0 saturated heterocycles. The molecule has 0 fully saturated rings. The zero-order valence-electron chi connectivity index (χ0n) is 17.9. The number of aryl methyl sites for hydroxylation is 1. The van der Waals surface area contributed by atoms with Crippen LogP contribution in [0.2, 0.25) is 0 Å². The third-order valence-corrected chi connectivity index (χ3v) is 7.30. The van der Waals surface area contributed by atoms with Crippen LogP contribution in [-0.2, 0) is 34.9 Å². The van der Waals surface area contributed by atoms with Crippen LogP contribution in [0, 0.1) is 5.82 Å². The molecule has 7 nitrogen and oxygen atoms in total. The fraction of sp³-hybridized carbons (Fsp3) is 0.217. The number of phenols is 1. The van der Waals surface area contributed by atoms with E-state index in [1.807, 2.05) is 0 Å². The van der Waals surface area contributed by atoms with Gasteiger partial charge in [-0.25, -0.2) is 14.2 Å². The van der Waals surface area contributed by atoms with Gasteiger partial charge >= 0.3 is 5.97 Å². The van der Waals surface area contributed by atoms with Crippen molar-refractivity contribution in [2.45, 2.75) is 24.1 Å². The molecule has 1 atom stereocenters. The number of hydrogen-bond acceptors (Lipinski definition) is 5. The number of esters is 1. The van der Waals surface area contributed by atoms with E-state index in [0.717, 1.165) is 0 Å². The molecule has 0 radical (unpaired) electrons. The first-order valence-corrected chi connectivity index (χ1v) is 12.2. The second-order valence-corrected chi connectivity index (χ2v) is 9.67. The van der Waals surface area contributed by atoms with Crippen molar-refractivity contribution < 1.29 is 23.2 Å². The Bertz CT molecular complexity index is 1350. The van der Waals surface area contributed by atoms with Crippen molar-refractivity contribution in [1.29, 1.82) is 0 Å². The maximum absolute atomic E-state index is 13.3. The highest BCUT2D eigenvalue weighted by Crippen LogP contribution is 2.40. The van der Waals surface area contributed by atoms with Crippen LogP contribution in [0.5, 0.6) is 5.75 Å². The first kappa shape index (κ1) is 23.2.